The second-order valence-corrected chi connectivity index (χ2v) is 6.37. The Morgan fingerprint density at radius 3 is 2.07 bits per heavy atom. The first-order valence-electron chi connectivity index (χ1n) is 4.96. The summed E-state index contributed by atoms with van der Waals surface area (Å²) in [5, 5.41) is 0. The van der Waals surface area contributed by atoms with Crippen LogP contribution in [0.15, 0.2) is 11.8 Å². The third kappa shape index (κ3) is 2.71. The van der Waals surface area contributed by atoms with E-state index in [0.29, 0.717) is 0 Å². The van der Waals surface area contributed by atoms with E-state index in [1.54, 1.807) is 0 Å². The van der Waals surface area contributed by atoms with Crippen LogP contribution in [0.4, 0.5) is 0 Å². The fraction of sp³-hybridized carbons (Fsp3) is 0.727. The lowest BCUT2D eigenvalue weighted by molar-refractivity contribution is -0.310. The summed E-state index contributed by atoms with van der Waals surface area (Å²) < 4.78 is 11.1. The van der Waals surface area contributed by atoms with Crippen molar-refractivity contribution in [3.05, 3.63) is 11.8 Å². The van der Waals surface area contributed by atoms with Crippen molar-refractivity contribution in [2.45, 2.75) is 41.5 Å². The number of hydrogen-bond acceptors (Lipinski definition) is 1. The topological polar surface area (TPSA) is 20.5 Å². The van der Waals surface area contributed by atoms with Gasteiger partial charge in [-0.05, 0) is 20.8 Å². The predicted molar refractivity (Wildman–Crippen MR) is 60.2 cm³/mol. The van der Waals surface area contributed by atoms with Crippen LogP contribution in [-0.2, 0) is 8.54 Å². The molecule has 0 aromatic rings. The highest BCUT2D eigenvalue weighted by Crippen LogP contribution is 2.29. The Kier molecular flexibility index (Phi) is 2.90. The van der Waals surface area contributed by atoms with Crippen LogP contribution in [0.2, 0.25) is 0 Å². The van der Waals surface area contributed by atoms with Gasteiger partial charge in [0.15, 0.2) is 0 Å². The average Bonchev–Trinajstić information content (AvgIpc) is 2.01. The molecule has 1 aliphatic heterocycles. The highest BCUT2D eigenvalue weighted by Gasteiger charge is 2.30. The van der Waals surface area contributed by atoms with Gasteiger partial charge in [0.1, 0.15) is 0 Å². The van der Waals surface area contributed by atoms with Crippen LogP contribution in [0, 0.1) is 10.8 Å². The monoisotopic (exact) mass is 212 g/mol. The molecule has 2 nitrogen and oxygen atoms in total. The van der Waals surface area contributed by atoms with Gasteiger partial charge in [-0.15, -0.1) is 0 Å². The molecule has 1 aliphatic rings. The maximum absolute atomic E-state index is 5.57. The van der Waals surface area contributed by atoms with E-state index in [-0.39, 0.29) is 20.8 Å². The molecule has 80 valence electrons. The molecular weight excluding hydrogens is 192 g/mol. The largest absolute Gasteiger partial charge is 0.621 e. The quantitative estimate of drug-likeness (QED) is 0.446. The van der Waals surface area contributed by atoms with E-state index < -0.39 is 0 Å². The van der Waals surface area contributed by atoms with E-state index in [0.717, 1.165) is 11.5 Å². The van der Waals surface area contributed by atoms with Gasteiger partial charge in [0.25, 0.3) is 5.78 Å². The molecule has 1 rings (SSSR count). The molecule has 0 aromatic carbocycles. The zero-order valence-electron chi connectivity index (χ0n) is 9.97. The maximum Gasteiger partial charge on any atom is 0.440 e. The van der Waals surface area contributed by atoms with Crippen molar-refractivity contribution < 1.29 is 8.54 Å². The molecule has 0 saturated heterocycles. The molecule has 0 bridgehead atoms. The zero-order chi connectivity index (χ0) is 11.0. The van der Waals surface area contributed by atoms with Crippen LogP contribution < -0.4 is 0 Å². The van der Waals surface area contributed by atoms with Crippen molar-refractivity contribution in [3.63, 3.8) is 0 Å². The Morgan fingerprint density at radius 2 is 1.64 bits per heavy atom. The van der Waals surface area contributed by atoms with Crippen LogP contribution in [-0.4, -0.2) is 15.8 Å². The number of carbonyl (C=O) groups excluding carboxylic acids is 1. The SMILES string of the molecule is CC(C)(C)C1=CC(C(C)(C)C)=[O+][SiH-]O1. The van der Waals surface area contributed by atoms with Gasteiger partial charge in [0.05, 0.1) is 17.3 Å². The standard InChI is InChI=1S/C11H20O2Si/c1-10(2,3)8-7-9(11(4,5)6)13-14-12-8/h7,14H,1-6H3. The summed E-state index contributed by atoms with van der Waals surface area (Å²) in [5.74, 6) is 2.09. The van der Waals surface area contributed by atoms with Crippen LogP contribution >= 0.6 is 0 Å². The molecule has 0 amide bonds. The zero-order valence-corrected chi connectivity index (χ0v) is 11.1. The molecule has 0 atom stereocenters. The van der Waals surface area contributed by atoms with Gasteiger partial charge < -0.3 is 8.54 Å². The van der Waals surface area contributed by atoms with Crippen molar-refractivity contribution in [2.75, 3.05) is 0 Å². The van der Waals surface area contributed by atoms with Gasteiger partial charge in [-0.25, -0.2) is 0 Å². The lowest BCUT2D eigenvalue weighted by Gasteiger charge is -2.28. The van der Waals surface area contributed by atoms with E-state index in [9.17, 15) is 0 Å². The summed E-state index contributed by atoms with van der Waals surface area (Å²) in [7, 11) is -0.374. The van der Waals surface area contributed by atoms with Crippen molar-refractivity contribution in [1.29, 1.82) is 0 Å². The Labute approximate surface area is 89.1 Å². The first-order valence-corrected chi connectivity index (χ1v) is 5.90. The Balaban J connectivity index is 2.95. The van der Waals surface area contributed by atoms with Crippen LogP contribution in [0.3, 0.4) is 0 Å². The van der Waals surface area contributed by atoms with Gasteiger partial charge in [0.2, 0.25) is 0 Å². The molecule has 0 fully saturated rings. The minimum Gasteiger partial charge on any atom is -0.621 e. The molecule has 0 saturated carbocycles. The van der Waals surface area contributed by atoms with E-state index in [2.05, 4.69) is 47.6 Å². The fourth-order valence-corrected chi connectivity index (χ4v) is 2.20. The molecular formula is C11H20O2Si. The minimum absolute atomic E-state index is 0.0767. The molecule has 1 heterocycles. The molecule has 0 spiro atoms. The fourth-order valence-electron chi connectivity index (χ4n) is 1.10. The second kappa shape index (κ2) is 3.53. The summed E-state index contributed by atoms with van der Waals surface area (Å²) in [4.78, 5) is 0. The molecule has 3 heteroatoms. The number of hydrogen-bond donors (Lipinski definition) is 0. The van der Waals surface area contributed by atoms with Crippen molar-refractivity contribution >= 4 is 15.8 Å². The van der Waals surface area contributed by atoms with Crippen molar-refractivity contribution in [3.8, 4) is 0 Å². The molecule has 0 aliphatic carbocycles. The molecule has 0 aromatic heterocycles. The average molecular weight is 212 g/mol. The highest BCUT2D eigenvalue weighted by molar-refractivity contribution is 6.19. The number of ketones is 1. The van der Waals surface area contributed by atoms with Gasteiger partial charge in [-0.2, -0.15) is 0 Å². The summed E-state index contributed by atoms with van der Waals surface area (Å²) in [6.45, 7) is 12.9. The van der Waals surface area contributed by atoms with Gasteiger partial charge in [-0.3, -0.25) is 0 Å². The van der Waals surface area contributed by atoms with E-state index in [1.165, 1.54) is 0 Å². The third-order valence-electron chi connectivity index (χ3n) is 2.09. The maximum atomic E-state index is 5.57. The third-order valence-corrected chi connectivity index (χ3v) is 2.79. The van der Waals surface area contributed by atoms with E-state index in [1.807, 2.05) is 0 Å². The van der Waals surface area contributed by atoms with Crippen molar-refractivity contribution in [1.82, 2.24) is 0 Å². The van der Waals surface area contributed by atoms with Crippen LogP contribution in [0.5, 0.6) is 0 Å². The lowest BCUT2D eigenvalue weighted by atomic mass is 9.87. The normalized spacial score (nSPS) is 17.9. The molecule has 14 heavy (non-hydrogen) atoms. The van der Waals surface area contributed by atoms with Crippen LogP contribution in [0.1, 0.15) is 41.5 Å². The highest BCUT2D eigenvalue weighted by atomic mass is 28.2. The summed E-state index contributed by atoms with van der Waals surface area (Å²) in [6, 6.07) is 0. The first kappa shape index (κ1) is 11.5. The smallest absolute Gasteiger partial charge is 0.440 e. The van der Waals surface area contributed by atoms with E-state index in [4.69, 9.17) is 8.54 Å². The minimum atomic E-state index is -0.374. The summed E-state index contributed by atoms with van der Waals surface area (Å²) in [5.41, 5.74) is 0.153. The molecule has 0 N–H and O–H groups in total. The Morgan fingerprint density at radius 1 is 1.07 bits per heavy atom. The summed E-state index contributed by atoms with van der Waals surface area (Å²) in [6.07, 6.45) is 2.05. The molecule has 0 unspecified atom stereocenters. The second-order valence-electron chi connectivity index (χ2n) is 5.70. The summed E-state index contributed by atoms with van der Waals surface area (Å²) >= 11 is 0. The predicted octanol–water partition coefficient (Wildman–Crippen LogP) is 2.36. The van der Waals surface area contributed by atoms with Gasteiger partial charge in [0, 0.05) is 5.41 Å². The number of rotatable bonds is 0. The molecule has 0 radical (unpaired) electrons. The van der Waals surface area contributed by atoms with Crippen LogP contribution in [0.25, 0.3) is 0 Å². The number of allylic oxidation sites excluding steroid dienone is 2. The Hall–Kier alpha value is -0.573. The lowest BCUT2D eigenvalue weighted by Crippen LogP contribution is -2.29. The first-order chi connectivity index (χ1) is 6.21. The van der Waals surface area contributed by atoms with Crippen molar-refractivity contribution in [2.24, 2.45) is 10.8 Å². The van der Waals surface area contributed by atoms with Gasteiger partial charge >= 0.3 is 10.0 Å². The van der Waals surface area contributed by atoms with Gasteiger partial charge in [-0.1, -0.05) is 20.8 Å². The Bertz CT molecular complexity index is 277. The van der Waals surface area contributed by atoms with E-state index >= 15 is 0 Å².